The summed E-state index contributed by atoms with van der Waals surface area (Å²) in [6.45, 7) is 1.92. The lowest BCUT2D eigenvalue weighted by Gasteiger charge is -2.11. The van der Waals surface area contributed by atoms with Crippen molar-refractivity contribution in [2.24, 2.45) is 0 Å². The second-order valence-electron chi connectivity index (χ2n) is 7.94. The number of nitrogens with zero attached hydrogens (tertiary/aromatic N) is 3. The zero-order valence-corrected chi connectivity index (χ0v) is 19.4. The van der Waals surface area contributed by atoms with Crippen LogP contribution in [-0.2, 0) is 17.0 Å². The third-order valence-corrected chi connectivity index (χ3v) is 6.16. The molecule has 35 heavy (non-hydrogen) atoms. The van der Waals surface area contributed by atoms with Crippen molar-refractivity contribution in [2.45, 2.75) is 24.3 Å². The Bertz CT molecular complexity index is 1420. The summed E-state index contributed by atoms with van der Waals surface area (Å²) in [5.41, 5.74) is 3.55. The second kappa shape index (κ2) is 9.55. The number of aryl methyl sites for hydroxylation is 1. The van der Waals surface area contributed by atoms with Crippen LogP contribution in [-0.4, -0.2) is 32.0 Å². The average Bonchev–Trinajstić information content (AvgIpc) is 3.42. The van der Waals surface area contributed by atoms with Gasteiger partial charge in [0.2, 0.25) is 5.91 Å². The highest BCUT2D eigenvalue weighted by Crippen LogP contribution is 2.33. The molecule has 4 aromatic rings. The Morgan fingerprint density at radius 3 is 2.74 bits per heavy atom. The van der Waals surface area contributed by atoms with Crippen molar-refractivity contribution in [1.29, 1.82) is 0 Å². The number of rotatable bonds is 7. The molecule has 0 unspecified atom stereocenters. The molecule has 0 bridgehead atoms. The van der Waals surface area contributed by atoms with E-state index in [4.69, 9.17) is 0 Å². The number of aromatic amines is 1. The molecule has 3 heterocycles. The van der Waals surface area contributed by atoms with Crippen molar-refractivity contribution in [1.82, 2.24) is 20.2 Å². The van der Waals surface area contributed by atoms with E-state index >= 15 is 0 Å². The highest BCUT2D eigenvalue weighted by Gasteiger charge is 2.23. The van der Waals surface area contributed by atoms with E-state index in [-0.39, 0.29) is 18.0 Å². The van der Waals surface area contributed by atoms with Gasteiger partial charge in [-0.15, -0.1) is 0 Å². The lowest BCUT2D eigenvalue weighted by atomic mass is 10.1. The van der Waals surface area contributed by atoms with Gasteiger partial charge in [0, 0.05) is 29.3 Å². The molecule has 5 rings (SSSR count). The molecule has 2 aromatic heterocycles. The van der Waals surface area contributed by atoms with Gasteiger partial charge in [0.15, 0.2) is 11.0 Å². The molecule has 11 heteroatoms. The topological polar surface area (TPSA) is 125 Å². The standard InChI is InChI=1S/C24H20FN7O2S/c1-13-8-20(32-31-13)28-19-6-7-26-24(29-19)35-12-14-2-4-15(5-3-14)23(34)27-18-11-17(25)9-16-10-21(33)30-22(16)18/h2-9,11H,10,12H2,1H3,(H,27,34)(H,30,33)(H2,26,28,29,31,32). The largest absolute Gasteiger partial charge is 0.324 e. The van der Waals surface area contributed by atoms with E-state index in [1.807, 2.05) is 25.1 Å². The normalized spacial score (nSPS) is 12.2. The summed E-state index contributed by atoms with van der Waals surface area (Å²) in [5.74, 6) is 0.788. The summed E-state index contributed by atoms with van der Waals surface area (Å²) < 4.78 is 13.9. The van der Waals surface area contributed by atoms with Gasteiger partial charge < -0.3 is 16.0 Å². The minimum atomic E-state index is -0.510. The Balaban J connectivity index is 1.20. The maximum Gasteiger partial charge on any atom is 0.255 e. The van der Waals surface area contributed by atoms with Crippen molar-refractivity contribution < 1.29 is 14.0 Å². The van der Waals surface area contributed by atoms with E-state index in [1.165, 1.54) is 23.9 Å². The van der Waals surface area contributed by atoms with E-state index in [2.05, 4.69) is 36.1 Å². The number of aromatic nitrogens is 4. The van der Waals surface area contributed by atoms with Gasteiger partial charge in [-0.1, -0.05) is 23.9 Å². The minimum Gasteiger partial charge on any atom is -0.324 e. The zero-order valence-electron chi connectivity index (χ0n) is 18.6. The van der Waals surface area contributed by atoms with Gasteiger partial charge in [0.25, 0.3) is 5.91 Å². The average molecular weight is 490 g/mol. The molecule has 2 aromatic carbocycles. The lowest BCUT2D eigenvalue weighted by Crippen LogP contribution is -2.14. The van der Waals surface area contributed by atoms with Crippen LogP contribution in [0.5, 0.6) is 0 Å². The summed E-state index contributed by atoms with van der Waals surface area (Å²) in [6, 6.07) is 13.2. The lowest BCUT2D eigenvalue weighted by molar-refractivity contribution is -0.115. The van der Waals surface area contributed by atoms with Crippen LogP contribution in [0.15, 0.2) is 59.9 Å². The first-order chi connectivity index (χ1) is 16.9. The fourth-order valence-corrected chi connectivity index (χ4v) is 4.38. The Morgan fingerprint density at radius 1 is 1.14 bits per heavy atom. The quantitative estimate of drug-likeness (QED) is 0.224. The molecule has 0 saturated carbocycles. The van der Waals surface area contributed by atoms with E-state index in [9.17, 15) is 14.0 Å². The van der Waals surface area contributed by atoms with Crippen molar-refractivity contribution in [3.8, 4) is 0 Å². The fourth-order valence-electron chi connectivity index (χ4n) is 3.59. The maximum atomic E-state index is 13.9. The third-order valence-electron chi connectivity index (χ3n) is 5.23. The summed E-state index contributed by atoms with van der Waals surface area (Å²) in [4.78, 5) is 33.1. The van der Waals surface area contributed by atoms with Crippen molar-refractivity contribution in [3.05, 3.63) is 82.9 Å². The van der Waals surface area contributed by atoms with Crippen LogP contribution in [0.3, 0.4) is 0 Å². The number of hydrogen-bond donors (Lipinski definition) is 4. The number of benzene rings is 2. The molecular formula is C24H20FN7O2S. The predicted molar refractivity (Wildman–Crippen MR) is 131 cm³/mol. The van der Waals surface area contributed by atoms with E-state index in [0.717, 1.165) is 11.3 Å². The van der Waals surface area contributed by atoms with Gasteiger partial charge in [-0.3, -0.25) is 14.7 Å². The molecule has 0 spiro atoms. The van der Waals surface area contributed by atoms with Crippen LogP contribution >= 0.6 is 11.8 Å². The number of hydrogen-bond acceptors (Lipinski definition) is 7. The summed E-state index contributed by atoms with van der Waals surface area (Å²) in [7, 11) is 0. The number of halogens is 1. The minimum absolute atomic E-state index is 0.0910. The van der Waals surface area contributed by atoms with Crippen molar-refractivity contribution in [2.75, 3.05) is 16.0 Å². The number of fused-ring (bicyclic) bond motifs is 1. The van der Waals surface area contributed by atoms with Gasteiger partial charge in [0.05, 0.1) is 17.8 Å². The number of anilines is 4. The van der Waals surface area contributed by atoms with Crippen molar-refractivity contribution >= 4 is 46.6 Å². The number of H-pyrrole nitrogens is 1. The first-order valence-electron chi connectivity index (χ1n) is 10.7. The van der Waals surface area contributed by atoms with E-state index in [1.54, 1.807) is 24.4 Å². The summed E-state index contributed by atoms with van der Waals surface area (Å²) >= 11 is 1.46. The zero-order chi connectivity index (χ0) is 24.4. The predicted octanol–water partition coefficient (Wildman–Crippen LogP) is 4.43. The van der Waals surface area contributed by atoms with E-state index < -0.39 is 11.7 Å². The van der Waals surface area contributed by atoms with Crippen LogP contribution in [0.1, 0.15) is 27.2 Å². The molecular weight excluding hydrogens is 469 g/mol. The molecule has 4 N–H and O–H groups in total. The van der Waals surface area contributed by atoms with Crippen molar-refractivity contribution in [3.63, 3.8) is 0 Å². The molecule has 9 nitrogen and oxygen atoms in total. The Morgan fingerprint density at radius 2 is 1.97 bits per heavy atom. The van der Waals surface area contributed by atoms with Gasteiger partial charge in [-0.25, -0.2) is 14.4 Å². The number of thioether (sulfide) groups is 1. The van der Waals surface area contributed by atoms with E-state index in [0.29, 0.717) is 39.4 Å². The molecule has 1 aliphatic heterocycles. The summed E-state index contributed by atoms with van der Waals surface area (Å²) in [5, 5.41) is 16.1. The monoisotopic (exact) mass is 489 g/mol. The number of carbonyl (C=O) groups excluding carboxylic acids is 2. The first kappa shape index (κ1) is 22.5. The number of amides is 2. The SMILES string of the molecule is Cc1cc(Nc2ccnc(SCc3ccc(C(=O)Nc4cc(F)cc5c4NC(=O)C5)cc3)n2)n[nH]1. The van der Waals surface area contributed by atoms with Gasteiger partial charge in [-0.2, -0.15) is 5.10 Å². The molecule has 1 aliphatic rings. The molecule has 0 atom stereocenters. The molecule has 2 amide bonds. The van der Waals surface area contributed by atoms with Gasteiger partial charge >= 0.3 is 0 Å². The van der Waals surface area contributed by atoms with Crippen LogP contribution in [0.2, 0.25) is 0 Å². The number of carbonyl (C=O) groups is 2. The van der Waals surface area contributed by atoms with Crippen LogP contribution < -0.4 is 16.0 Å². The second-order valence-corrected chi connectivity index (χ2v) is 8.88. The van der Waals surface area contributed by atoms with Crippen LogP contribution in [0.4, 0.5) is 27.4 Å². The molecule has 0 aliphatic carbocycles. The Kier molecular flexibility index (Phi) is 6.15. The summed E-state index contributed by atoms with van der Waals surface area (Å²) in [6.07, 6.45) is 1.77. The highest BCUT2D eigenvalue weighted by atomic mass is 32.2. The van der Waals surface area contributed by atoms with Gasteiger partial charge in [-0.05, 0) is 48.4 Å². The Hall–Kier alpha value is -4.25. The molecule has 0 radical (unpaired) electrons. The maximum absolute atomic E-state index is 13.9. The van der Waals surface area contributed by atoms with Gasteiger partial charge in [0.1, 0.15) is 11.6 Å². The molecule has 0 fully saturated rings. The number of nitrogens with one attached hydrogen (secondary N) is 4. The first-order valence-corrected chi connectivity index (χ1v) is 11.7. The molecule has 176 valence electrons. The van der Waals surface area contributed by atoms with Crippen LogP contribution in [0, 0.1) is 12.7 Å². The molecule has 0 saturated heterocycles. The third kappa shape index (κ3) is 5.30. The fraction of sp³-hybridized carbons (Fsp3) is 0.125. The smallest absolute Gasteiger partial charge is 0.255 e. The highest BCUT2D eigenvalue weighted by molar-refractivity contribution is 7.98. The Labute approximate surface area is 204 Å². The van der Waals surface area contributed by atoms with Crippen LogP contribution in [0.25, 0.3) is 0 Å².